The van der Waals surface area contributed by atoms with Gasteiger partial charge < -0.3 is 10.1 Å². The Labute approximate surface area is 96.0 Å². The Kier molecular flexibility index (Phi) is 3.79. The number of anilines is 1. The second-order valence-corrected chi connectivity index (χ2v) is 4.16. The first kappa shape index (κ1) is 11.0. The van der Waals surface area contributed by atoms with Crippen molar-refractivity contribution < 1.29 is 4.74 Å². The molecule has 0 radical (unpaired) electrons. The lowest BCUT2D eigenvalue weighted by Crippen LogP contribution is -2.24. The van der Waals surface area contributed by atoms with Crippen LogP contribution in [0.4, 0.5) is 5.69 Å². The molecule has 1 fully saturated rings. The molecule has 3 nitrogen and oxygen atoms in total. The summed E-state index contributed by atoms with van der Waals surface area (Å²) in [6.45, 7) is 2.68. The van der Waals surface area contributed by atoms with E-state index in [1.165, 1.54) is 6.42 Å². The molecule has 1 unspecified atom stereocenters. The second-order valence-electron chi connectivity index (χ2n) is 4.16. The number of nitriles is 1. The molecule has 0 aromatic heterocycles. The summed E-state index contributed by atoms with van der Waals surface area (Å²) in [5.41, 5.74) is 1.72. The first-order valence-electron chi connectivity index (χ1n) is 5.70. The molecule has 16 heavy (non-hydrogen) atoms. The molecule has 1 heterocycles. The normalized spacial score (nSPS) is 20.1. The van der Waals surface area contributed by atoms with E-state index in [2.05, 4.69) is 11.4 Å². The minimum atomic E-state index is 0.597. The molecule has 0 bridgehead atoms. The van der Waals surface area contributed by atoms with Crippen LogP contribution in [0.1, 0.15) is 18.4 Å². The standard InChI is InChI=1S/C13H16N2O/c14-8-11-3-1-5-13(7-11)15-9-12-4-2-6-16-10-12/h1,3,5,7,12,15H,2,4,6,9-10H2. The lowest BCUT2D eigenvalue weighted by Gasteiger charge is -2.22. The predicted molar refractivity (Wildman–Crippen MR) is 63.2 cm³/mol. The monoisotopic (exact) mass is 216 g/mol. The number of nitrogens with one attached hydrogen (secondary N) is 1. The van der Waals surface area contributed by atoms with Crippen molar-refractivity contribution in [3.63, 3.8) is 0 Å². The predicted octanol–water partition coefficient (Wildman–Crippen LogP) is 2.40. The van der Waals surface area contributed by atoms with E-state index in [1.807, 2.05) is 24.3 Å². The smallest absolute Gasteiger partial charge is 0.0992 e. The molecule has 2 rings (SSSR count). The van der Waals surface area contributed by atoms with E-state index in [1.54, 1.807) is 0 Å². The maximum absolute atomic E-state index is 8.78. The summed E-state index contributed by atoms with van der Waals surface area (Å²) < 4.78 is 5.42. The minimum Gasteiger partial charge on any atom is -0.385 e. The summed E-state index contributed by atoms with van der Waals surface area (Å²) in [4.78, 5) is 0. The van der Waals surface area contributed by atoms with Crippen LogP contribution >= 0.6 is 0 Å². The Morgan fingerprint density at radius 2 is 2.44 bits per heavy atom. The van der Waals surface area contributed by atoms with Crippen LogP contribution in [0.5, 0.6) is 0 Å². The summed E-state index contributed by atoms with van der Waals surface area (Å²) in [5, 5.41) is 12.1. The molecular weight excluding hydrogens is 200 g/mol. The van der Waals surface area contributed by atoms with E-state index >= 15 is 0 Å². The zero-order valence-corrected chi connectivity index (χ0v) is 9.28. The minimum absolute atomic E-state index is 0.597. The number of hydrogen-bond donors (Lipinski definition) is 1. The first-order valence-corrected chi connectivity index (χ1v) is 5.70. The molecule has 0 aliphatic carbocycles. The third-order valence-electron chi connectivity index (χ3n) is 2.84. The summed E-state index contributed by atoms with van der Waals surface area (Å²) in [5.74, 6) is 0.597. The molecule has 1 saturated heterocycles. The van der Waals surface area contributed by atoms with E-state index in [4.69, 9.17) is 10.00 Å². The summed E-state index contributed by atoms with van der Waals surface area (Å²) in [6, 6.07) is 9.73. The Hall–Kier alpha value is -1.53. The molecule has 1 aliphatic rings. The molecule has 1 aromatic rings. The van der Waals surface area contributed by atoms with Gasteiger partial charge in [0.05, 0.1) is 18.2 Å². The maximum atomic E-state index is 8.78. The van der Waals surface area contributed by atoms with Crippen molar-refractivity contribution in [2.24, 2.45) is 5.92 Å². The van der Waals surface area contributed by atoms with Crippen molar-refractivity contribution in [1.29, 1.82) is 5.26 Å². The molecule has 3 heteroatoms. The zero-order valence-electron chi connectivity index (χ0n) is 9.28. The van der Waals surface area contributed by atoms with Crippen LogP contribution in [-0.2, 0) is 4.74 Å². The third kappa shape index (κ3) is 2.98. The lowest BCUT2D eigenvalue weighted by atomic mass is 10.0. The Morgan fingerprint density at radius 1 is 1.50 bits per heavy atom. The maximum Gasteiger partial charge on any atom is 0.0992 e. The molecule has 1 aliphatic heterocycles. The molecule has 0 saturated carbocycles. The fourth-order valence-electron chi connectivity index (χ4n) is 1.93. The highest BCUT2D eigenvalue weighted by atomic mass is 16.5. The van der Waals surface area contributed by atoms with Crippen molar-refractivity contribution in [2.45, 2.75) is 12.8 Å². The number of rotatable bonds is 3. The van der Waals surface area contributed by atoms with Gasteiger partial charge in [0.25, 0.3) is 0 Å². The molecule has 0 amide bonds. The van der Waals surface area contributed by atoms with Gasteiger partial charge in [-0.25, -0.2) is 0 Å². The molecule has 0 spiro atoms. The fourth-order valence-corrected chi connectivity index (χ4v) is 1.93. The average Bonchev–Trinajstić information content (AvgIpc) is 2.38. The zero-order chi connectivity index (χ0) is 11.2. The van der Waals surface area contributed by atoms with E-state index in [0.717, 1.165) is 31.9 Å². The van der Waals surface area contributed by atoms with Gasteiger partial charge in [-0.3, -0.25) is 0 Å². The van der Waals surface area contributed by atoms with Gasteiger partial charge in [0.2, 0.25) is 0 Å². The van der Waals surface area contributed by atoms with E-state index in [9.17, 15) is 0 Å². The topological polar surface area (TPSA) is 45.0 Å². The van der Waals surface area contributed by atoms with Gasteiger partial charge in [0.1, 0.15) is 0 Å². The largest absolute Gasteiger partial charge is 0.385 e. The molecule has 1 atom stereocenters. The number of benzene rings is 1. The van der Waals surface area contributed by atoms with Gasteiger partial charge in [-0.1, -0.05) is 6.07 Å². The highest BCUT2D eigenvalue weighted by molar-refractivity contribution is 5.49. The first-order chi connectivity index (χ1) is 7.88. The van der Waals surface area contributed by atoms with Crippen molar-refractivity contribution in [3.05, 3.63) is 29.8 Å². The van der Waals surface area contributed by atoms with E-state index < -0.39 is 0 Å². The fraction of sp³-hybridized carbons (Fsp3) is 0.462. The Balaban J connectivity index is 1.86. The molecule has 1 aromatic carbocycles. The number of hydrogen-bond acceptors (Lipinski definition) is 3. The number of ether oxygens (including phenoxy) is 1. The van der Waals surface area contributed by atoms with Crippen molar-refractivity contribution in [3.8, 4) is 6.07 Å². The summed E-state index contributed by atoms with van der Waals surface area (Å²) in [6.07, 6.45) is 2.38. The van der Waals surface area contributed by atoms with E-state index in [-0.39, 0.29) is 0 Å². The van der Waals surface area contributed by atoms with Crippen LogP contribution in [0.25, 0.3) is 0 Å². The third-order valence-corrected chi connectivity index (χ3v) is 2.84. The van der Waals surface area contributed by atoms with Crippen LogP contribution in [0.15, 0.2) is 24.3 Å². The van der Waals surface area contributed by atoms with E-state index in [0.29, 0.717) is 11.5 Å². The van der Waals surface area contributed by atoms with Crippen molar-refractivity contribution in [2.75, 3.05) is 25.1 Å². The average molecular weight is 216 g/mol. The summed E-state index contributed by atoms with van der Waals surface area (Å²) in [7, 11) is 0. The molecular formula is C13H16N2O. The molecule has 1 N–H and O–H groups in total. The Bertz CT molecular complexity index is 378. The quantitative estimate of drug-likeness (QED) is 0.843. The van der Waals surface area contributed by atoms with Gasteiger partial charge in [0.15, 0.2) is 0 Å². The van der Waals surface area contributed by atoms with Crippen LogP contribution in [0, 0.1) is 17.2 Å². The van der Waals surface area contributed by atoms with Gasteiger partial charge >= 0.3 is 0 Å². The van der Waals surface area contributed by atoms with Gasteiger partial charge in [-0.05, 0) is 37.0 Å². The lowest BCUT2D eigenvalue weighted by molar-refractivity contribution is 0.0595. The highest BCUT2D eigenvalue weighted by Crippen LogP contribution is 2.15. The Morgan fingerprint density at radius 3 is 3.19 bits per heavy atom. The summed E-state index contributed by atoms with van der Waals surface area (Å²) >= 11 is 0. The van der Waals surface area contributed by atoms with Gasteiger partial charge in [-0.2, -0.15) is 5.26 Å². The van der Waals surface area contributed by atoms with Crippen LogP contribution in [0.3, 0.4) is 0 Å². The second kappa shape index (κ2) is 5.53. The van der Waals surface area contributed by atoms with Gasteiger partial charge in [0, 0.05) is 18.8 Å². The van der Waals surface area contributed by atoms with Crippen LogP contribution in [-0.4, -0.2) is 19.8 Å². The SMILES string of the molecule is N#Cc1cccc(NCC2CCCOC2)c1. The highest BCUT2D eigenvalue weighted by Gasteiger charge is 2.13. The van der Waals surface area contributed by atoms with Crippen molar-refractivity contribution in [1.82, 2.24) is 0 Å². The van der Waals surface area contributed by atoms with Crippen LogP contribution in [0.2, 0.25) is 0 Å². The van der Waals surface area contributed by atoms with Crippen LogP contribution < -0.4 is 5.32 Å². The van der Waals surface area contributed by atoms with Crippen molar-refractivity contribution >= 4 is 5.69 Å². The van der Waals surface area contributed by atoms with Gasteiger partial charge in [-0.15, -0.1) is 0 Å². The molecule has 84 valence electrons. The number of nitrogens with zero attached hydrogens (tertiary/aromatic N) is 1.